The number of amidine groups is 1. The number of nitrogens with one attached hydrogen (secondary N) is 1. The summed E-state index contributed by atoms with van der Waals surface area (Å²) in [7, 11) is 0. The van der Waals surface area contributed by atoms with Gasteiger partial charge in [-0.25, -0.2) is 14.5 Å². The number of aromatic amines is 1. The quantitative estimate of drug-likeness (QED) is 0.725. The van der Waals surface area contributed by atoms with Gasteiger partial charge in [-0.3, -0.25) is 19.6 Å². The van der Waals surface area contributed by atoms with E-state index in [9.17, 15) is 9.59 Å². The summed E-state index contributed by atoms with van der Waals surface area (Å²) in [4.78, 5) is 35.1. The zero-order valence-corrected chi connectivity index (χ0v) is 18.7. The molecular formula is C23H30N6O2. The highest BCUT2D eigenvalue weighted by Gasteiger charge is 2.38. The fourth-order valence-corrected chi connectivity index (χ4v) is 4.38. The number of anilines is 1. The molecule has 0 bridgehead atoms. The van der Waals surface area contributed by atoms with E-state index in [1.54, 1.807) is 9.47 Å². The van der Waals surface area contributed by atoms with Crippen LogP contribution in [0.4, 0.5) is 5.69 Å². The highest BCUT2D eigenvalue weighted by molar-refractivity contribution is 6.21. The Morgan fingerprint density at radius 2 is 1.84 bits per heavy atom. The van der Waals surface area contributed by atoms with Crippen molar-refractivity contribution < 1.29 is 4.79 Å². The average molecular weight is 423 g/mol. The number of carbonyl (C=O) groups excluding carboxylic acids is 1. The summed E-state index contributed by atoms with van der Waals surface area (Å²) in [6, 6.07) is 3.95. The van der Waals surface area contributed by atoms with Crippen molar-refractivity contribution in [2.45, 2.75) is 46.5 Å². The van der Waals surface area contributed by atoms with Crippen LogP contribution in [0.1, 0.15) is 49.6 Å². The predicted molar refractivity (Wildman–Crippen MR) is 122 cm³/mol. The van der Waals surface area contributed by atoms with Crippen LogP contribution in [0.2, 0.25) is 0 Å². The molecule has 1 unspecified atom stereocenters. The third-order valence-corrected chi connectivity index (χ3v) is 5.93. The molecule has 8 heteroatoms. The van der Waals surface area contributed by atoms with Crippen LogP contribution in [0.3, 0.4) is 0 Å². The largest absolute Gasteiger partial charge is 0.348 e. The van der Waals surface area contributed by atoms with Gasteiger partial charge in [0, 0.05) is 0 Å². The number of aryl methyl sites for hydroxylation is 2. The molecule has 0 saturated heterocycles. The fourth-order valence-electron chi connectivity index (χ4n) is 4.38. The van der Waals surface area contributed by atoms with Crippen LogP contribution in [-0.4, -0.2) is 57.6 Å². The molecule has 1 N–H and O–H groups in total. The Morgan fingerprint density at radius 3 is 2.52 bits per heavy atom. The van der Waals surface area contributed by atoms with E-state index in [-0.39, 0.29) is 17.5 Å². The molecule has 2 aliphatic rings. The summed E-state index contributed by atoms with van der Waals surface area (Å²) < 4.78 is 1.58. The Labute approximate surface area is 182 Å². The monoisotopic (exact) mass is 422 g/mol. The van der Waals surface area contributed by atoms with Crippen molar-refractivity contribution in [2.24, 2.45) is 4.99 Å². The number of benzene rings is 1. The van der Waals surface area contributed by atoms with Crippen molar-refractivity contribution in [3.05, 3.63) is 51.7 Å². The molecule has 1 aromatic heterocycles. The molecule has 31 heavy (non-hydrogen) atoms. The van der Waals surface area contributed by atoms with Crippen molar-refractivity contribution in [3.63, 3.8) is 0 Å². The highest BCUT2D eigenvalue weighted by Crippen LogP contribution is 2.36. The normalized spacial score (nSPS) is 17.1. The van der Waals surface area contributed by atoms with Crippen LogP contribution in [0.25, 0.3) is 5.69 Å². The van der Waals surface area contributed by atoms with Crippen molar-refractivity contribution in [3.8, 4) is 5.69 Å². The van der Waals surface area contributed by atoms with E-state index in [4.69, 9.17) is 4.99 Å². The second kappa shape index (κ2) is 8.63. The van der Waals surface area contributed by atoms with Gasteiger partial charge in [0.15, 0.2) is 5.82 Å². The van der Waals surface area contributed by atoms with Gasteiger partial charge >= 0.3 is 5.69 Å². The highest BCUT2D eigenvalue weighted by atomic mass is 16.2. The van der Waals surface area contributed by atoms with Gasteiger partial charge in [-0.2, -0.15) is 5.10 Å². The molecule has 1 atom stereocenters. The number of hydrogen-bond acceptors (Lipinski definition) is 5. The molecule has 0 spiro atoms. The topological polar surface area (TPSA) is 86.6 Å². The van der Waals surface area contributed by atoms with Crippen LogP contribution in [0.15, 0.2) is 34.1 Å². The zero-order chi connectivity index (χ0) is 22.1. The summed E-state index contributed by atoms with van der Waals surface area (Å²) in [5.74, 6) is 0.782. The van der Waals surface area contributed by atoms with E-state index < -0.39 is 0 Å². The van der Waals surface area contributed by atoms with Gasteiger partial charge in [-0.05, 0) is 63.0 Å². The Balaban J connectivity index is 1.89. The molecule has 0 saturated carbocycles. The average Bonchev–Trinajstić information content (AvgIpc) is 3.07. The summed E-state index contributed by atoms with van der Waals surface area (Å²) in [5, 5.41) is 6.89. The van der Waals surface area contributed by atoms with Gasteiger partial charge in [0.05, 0.1) is 30.4 Å². The third-order valence-electron chi connectivity index (χ3n) is 5.93. The van der Waals surface area contributed by atoms with Crippen molar-refractivity contribution in [1.82, 2.24) is 19.7 Å². The molecule has 2 aliphatic heterocycles. The minimum Gasteiger partial charge on any atom is -0.295 e. The zero-order valence-electron chi connectivity index (χ0n) is 18.7. The number of aliphatic imine (C=N–C) groups is 1. The summed E-state index contributed by atoms with van der Waals surface area (Å²) in [5.41, 5.74) is 3.13. The van der Waals surface area contributed by atoms with Crippen LogP contribution in [-0.2, 0) is 4.79 Å². The summed E-state index contributed by atoms with van der Waals surface area (Å²) >= 11 is 0. The van der Waals surface area contributed by atoms with E-state index in [0.717, 1.165) is 37.1 Å². The van der Waals surface area contributed by atoms with Crippen molar-refractivity contribution in [1.29, 1.82) is 0 Å². The lowest BCUT2D eigenvalue weighted by Crippen LogP contribution is -2.46. The first-order valence-electron chi connectivity index (χ1n) is 11.0. The molecule has 0 aliphatic carbocycles. The molecule has 164 valence electrons. The Hall–Kier alpha value is -3.00. The van der Waals surface area contributed by atoms with E-state index >= 15 is 0 Å². The minimum absolute atomic E-state index is 0.0346. The number of H-pyrrole nitrogens is 1. The number of carbonyl (C=O) groups is 1. The van der Waals surface area contributed by atoms with Gasteiger partial charge in [0.1, 0.15) is 5.84 Å². The smallest absolute Gasteiger partial charge is 0.295 e. The van der Waals surface area contributed by atoms with Crippen molar-refractivity contribution in [2.75, 3.05) is 31.1 Å². The van der Waals surface area contributed by atoms with E-state index in [1.165, 1.54) is 0 Å². The van der Waals surface area contributed by atoms with E-state index in [0.29, 0.717) is 36.1 Å². The number of hydrogen-bond donors (Lipinski definition) is 1. The van der Waals surface area contributed by atoms with Crippen LogP contribution >= 0.6 is 0 Å². The number of amides is 1. The Kier molecular flexibility index (Phi) is 5.91. The van der Waals surface area contributed by atoms with E-state index in [1.807, 2.05) is 38.1 Å². The molecule has 0 fully saturated rings. The molecule has 1 aromatic carbocycles. The standard InChI is InChI=1S/C23H30N6O2/c1-5-10-27(11-6-2)14-20(30)28-18-12-15(3)16(4)13-19(18)29-22(25-26-23(29)31)17-8-7-9-24-21(17)28/h7-8,12-13,17H,5-6,9-11,14H2,1-4H3,(H,26,31). The van der Waals surface area contributed by atoms with Crippen LogP contribution < -0.4 is 10.6 Å². The molecule has 0 radical (unpaired) electrons. The van der Waals surface area contributed by atoms with Crippen molar-refractivity contribution >= 4 is 17.4 Å². The molecule has 2 aromatic rings. The molecule has 3 heterocycles. The Morgan fingerprint density at radius 1 is 1.16 bits per heavy atom. The fraction of sp³-hybridized carbons (Fsp3) is 0.478. The second-order valence-corrected chi connectivity index (χ2v) is 8.26. The first kappa shape index (κ1) is 21.2. The van der Waals surface area contributed by atoms with Gasteiger partial charge in [-0.1, -0.05) is 26.0 Å². The molecule has 8 nitrogen and oxygen atoms in total. The maximum atomic E-state index is 13.7. The maximum Gasteiger partial charge on any atom is 0.348 e. The van der Waals surface area contributed by atoms with Crippen LogP contribution in [0, 0.1) is 13.8 Å². The predicted octanol–water partition coefficient (Wildman–Crippen LogP) is 2.70. The summed E-state index contributed by atoms with van der Waals surface area (Å²) in [6.45, 7) is 10.8. The summed E-state index contributed by atoms with van der Waals surface area (Å²) in [6.07, 6.45) is 5.90. The van der Waals surface area contributed by atoms with Gasteiger partial charge in [0.2, 0.25) is 5.91 Å². The van der Waals surface area contributed by atoms with Crippen LogP contribution in [0.5, 0.6) is 0 Å². The first-order chi connectivity index (χ1) is 15.0. The lowest BCUT2D eigenvalue weighted by Gasteiger charge is -2.30. The minimum atomic E-state index is -0.365. The third kappa shape index (κ3) is 3.76. The molecule has 4 rings (SSSR count). The van der Waals surface area contributed by atoms with Gasteiger partial charge < -0.3 is 0 Å². The lowest BCUT2D eigenvalue weighted by atomic mass is 10.0. The number of nitrogens with zero attached hydrogens (tertiary/aromatic N) is 5. The number of fused-ring (bicyclic) bond motifs is 5. The maximum absolute atomic E-state index is 13.7. The second-order valence-electron chi connectivity index (χ2n) is 8.26. The first-order valence-corrected chi connectivity index (χ1v) is 11.0. The SMILES string of the molecule is CCCN(CCC)CC(=O)N1C2=NCC=CC2c2n[nH]c(=O)n2-c2cc(C)c(C)cc21. The van der Waals surface area contributed by atoms with Gasteiger partial charge in [-0.15, -0.1) is 0 Å². The number of aromatic nitrogens is 3. The van der Waals surface area contributed by atoms with E-state index in [2.05, 4.69) is 28.9 Å². The molecular weight excluding hydrogens is 392 g/mol. The lowest BCUT2D eigenvalue weighted by molar-refractivity contribution is -0.118. The Bertz CT molecular complexity index is 1100. The number of dihydropyridines is 1. The van der Waals surface area contributed by atoms with Gasteiger partial charge in [0.25, 0.3) is 0 Å². The number of rotatable bonds is 6. The molecule has 1 amide bonds.